The summed E-state index contributed by atoms with van der Waals surface area (Å²) in [5, 5.41) is 3.08. The van der Waals surface area contributed by atoms with Gasteiger partial charge in [0.15, 0.2) is 11.6 Å². The van der Waals surface area contributed by atoms with Crippen LogP contribution in [0.25, 0.3) is 0 Å². The zero-order valence-electron chi connectivity index (χ0n) is 13.1. The third kappa shape index (κ3) is 3.96. The molecule has 1 unspecified atom stereocenters. The highest BCUT2D eigenvalue weighted by Crippen LogP contribution is 2.34. The van der Waals surface area contributed by atoms with Gasteiger partial charge >= 0.3 is 0 Å². The van der Waals surface area contributed by atoms with E-state index in [1.807, 2.05) is 37.4 Å². The van der Waals surface area contributed by atoms with Crippen LogP contribution >= 0.6 is 15.9 Å². The van der Waals surface area contributed by atoms with Crippen molar-refractivity contribution in [3.63, 3.8) is 0 Å². The fourth-order valence-electron chi connectivity index (χ4n) is 2.67. The summed E-state index contributed by atoms with van der Waals surface area (Å²) in [5.74, 6) is -2.83. The van der Waals surface area contributed by atoms with E-state index >= 15 is 0 Å². The first-order valence-corrected chi connectivity index (χ1v) is 8.27. The summed E-state index contributed by atoms with van der Waals surface area (Å²) in [6.45, 7) is 2.01. The van der Waals surface area contributed by atoms with Crippen molar-refractivity contribution in [2.75, 3.05) is 13.6 Å². The summed E-state index contributed by atoms with van der Waals surface area (Å²) >= 11 is 3.01. The van der Waals surface area contributed by atoms with Gasteiger partial charge in [-0.1, -0.05) is 30.3 Å². The molecule has 0 radical (unpaired) electrons. The topological polar surface area (TPSA) is 12.0 Å². The van der Waals surface area contributed by atoms with Gasteiger partial charge in [0.1, 0.15) is 5.82 Å². The van der Waals surface area contributed by atoms with Crippen LogP contribution in [0.2, 0.25) is 0 Å². The van der Waals surface area contributed by atoms with E-state index in [0.717, 1.165) is 18.5 Å². The summed E-state index contributed by atoms with van der Waals surface area (Å²) in [7, 11) is 1.85. The van der Waals surface area contributed by atoms with Gasteiger partial charge in [-0.15, -0.1) is 0 Å². The first-order chi connectivity index (χ1) is 11.0. The van der Waals surface area contributed by atoms with Crippen LogP contribution in [-0.2, 0) is 6.42 Å². The Labute approximate surface area is 143 Å². The van der Waals surface area contributed by atoms with Crippen molar-refractivity contribution >= 4 is 15.9 Å². The third-order valence-electron chi connectivity index (χ3n) is 4.04. The van der Waals surface area contributed by atoms with Crippen molar-refractivity contribution in [3.05, 3.63) is 68.9 Å². The third-order valence-corrected chi connectivity index (χ3v) is 4.86. The molecule has 0 aliphatic heterocycles. The van der Waals surface area contributed by atoms with Crippen LogP contribution in [0.1, 0.15) is 29.0 Å². The average Bonchev–Trinajstić information content (AvgIpc) is 2.58. The Bertz CT molecular complexity index is 645. The largest absolute Gasteiger partial charge is 0.320 e. The maximum atomic E-state index is 14.4. The van der Waals surface area contributed by atoms with Crippen LogP contribution in [-0.4, -0.2) is 13.6 Å². The zero-order valence-corrected chi connectivity index (χ0v) is 14.7. The van der Waals surface area contributed by atoms with Gasteiger partial charge in [-0.25, -0.2) is 13.2 Å². The predicted octanol–water partition coefficient (Wildman–Crippen LogP) is 5.11. The number of halogens is 4. The Hall–Kier alpha value is -1.33. The van der Waals surface area contributed by atoms with Crippen LogP contribution in [0.15, 0.2) is 34.8 Å². The van der Waals surface area contributed by atoms with Gasteiger partial charge in [0.25, 0.3) is 0 Å². The van der Waals surface area contributed by atoms with E-state index < -0.39 is 17.5 Å². The molecule has 0 saturated heterocycles. The summed E-state index contributed by atoms with van der Waals surface area (Å²) in [6.07, 6.45) is 1.07. The normalized spacial score (nSPS) is 12.4. The molecule has 0 spiro atoms. The fourth-order valence-corrected chi connectivity index (χ4v) is 3.18. The van der Waals surface area contributed by atoms with Gasteiger partial charge in [-0.3, -0.25) is 0 Å². The van der Waals surface area contributed by atoms with Crippen molar-refractivity contribution in [2.24, 2.45) is 0 Å². The molecule has 0 saturated carbocycles. The maximum absolute atomic E-state index is 14.4. The minimum atomic E-state index is -1.13. The lowest BCUT2D eigenvalue weighted by Crippen LogP contribution is -2.15. The molecule has 5 heteroatoms. The van der Waals surface area contributed by atoms with Gasteiger partial charge < -0.3 is 5.32 Å². The molecule has 0 bridgehead atoms. The molecule has 23 heavy (non-hydrogen) atoms. The fraction of sp³-hybridized carbons (Fsp3) is 0.333. The highest BCUT2D eigenvalue weighted by atomic mass is 79.9. The Balaban J connectivity index is 2.41. The monoisotopic (exact) mass is 385 g/mol. The Morgan fingerprint density at radius 2 is 1.70 bits per heavy atom. The molecule has 1 nitrogen and oxygen atoms in total. The molecule has 2 rings (SSSR count). The van der Waals surface area contributed by atoms with E-state index in [1.165, 1.54) is 6.92 Å². The van der Waals surface area contributed by atoms with Crippen molar-refractivity contribution in [1.82, 2.24) is 5.32 Å². The lowest BCUT2D eigenvalue weighted by Gasteiger charge is -2.20. The highest BCUT2D eigenvalue weighted by molar-refractivity contribution is 9.10. The predicted molar refractivity (Wildman–Crippen MR) is 90.2 cm³/mol. The lowest BCUT2D eigenvalue weighted by molar-refractivity contribution is 0.471. The molecule has 1 N–H and O–H groups in total. The van der Waals surface area contributed by atoms with Crippen LogP contribution < -0.4 is 5.32 Å². The SMILES string of the molecule is CNCCC(Cc1c(F)c(C)c(F)c(F)c1Br)c1ccccc1. The average molecular weight is 386 g/mol. The standard InChI is InChI=1S/C18H19BrF3N/c1-11-16(20)14(15(19)18(22)17(11)21)10-13(8-9-23-2)12-6-4-3-5-7-12/h3-7,13,23H,8-10H2,1-2H3. The zero-order chi connectivity index (χ0) is 17.0. The Morgan fingerprint density at radius 3 is 2.30 bits per heavy atom. The molecule has 1 atom stereocenters. The number of rotatable bonds is 6. The summed E-state index contributed by atoms with van der Waals surface area (Å²) in [6, 6.07) is 9.70. The lowest BCUT2D eigenvalue weighted by atomic mass is 9.88. The van der Waals surface area contributed by atoms with E-state index in [2.05, 4.69) is 21.2 Å². The summed E-state index contributed by atoms with van der Waals surface area (Å²) in [5.41, 5.74) is 0.962. The second-order valence-corrected chi connectivity index (χ2v) is 6.36. The minimum Gasteiger partial charge on any atom is -0.320 e. The van der Waals surface area contributed by atoms with E-state index in [9.17, 15) is 13.2 Å². The van der Waals surface area contributed by atoms with Crippen LogP contribution in [0.5, 0.6) is 0 Å². The van der Waals surface area contributed by atoms with Crippen LogP contribution in [0.3, 0.4) is 0 Å². The van der Waals surface area contributed by atoms with Gasteiger partial charge in [0.2, 0.25) is 0 Å². The van der Waals surface area contributed by atoms with Gasteiger partial charge in [-0.2, -0.15) is 0 Å². The molecule has 0 aliphatic carbocycles. The maximum Gasteiger partial charge on any atom is 0.173 e. The molecule has 0 aliphatic rings. The van der Waals surface area contributed by atoms with E-state index in [1.54, 1.807) is 0 Å². The molecular weight excluding hydrogens is 367 g/mol. The van der Waals surface area contributed by atoms with Crippen LogP contribution in [0.4, 0.5) is 13.2 Å². The summed E-state index contributed by atoms with van der Waals surface area (Å²) in [4.78, 5) is 0. The molecule has 0 amide bonds. The minimum absolute atomic E-state index is 0.0127. The van der Waals surface area contributed by atoms with Crippen molar-refractivity contribution in [2.45, 2.75) is 25.7 Å². The van der Waals surface area contributed by atoms with E-state index in [0.29, 0.717) is 6.42 Å². The Morgan fingerprint density at radius 1 is 1.04 bits per heavy atom. The molecule has 0 fully saturated rings. The number of nitrogens with one attached hydrogen (secondary N) is 1. The molecule has 0 aromatic heterocycles. The molecule has 0 heterocycles. The second kappa shape index (κ2) is 7.97. The van der Waals surface area contributed by atoms with Crippen molar-refractivity contribution in [1.29, 1.82) is 0 Å². The van der Waals surface area contributed by atoms with Gasteiger partial charge in [-0.05, 0) is 60.8 Å². The molecule has 2 aromatic carbocycles. The van der Waals surface area contributed by atoms with Gasteiger partial charge in [0, 0.05) is 11.1 Å². The van der Waals surface area contributed by atoms with Crippen molar-refractivity contribution in [3.8, 4) is 0 Å². The first kappa shape index (κ1) is 18.0. The molecule has 124 valence electrons. The molecular formula is C18H19BrF3N. The first-order valence-electron chi connectivity index (χ1n) is 7.48. The van der Waals surface area contributed by atoms with Crippen molar-refractivity contribution < 1.29 is 13.2 Å². The number of hydrogen-bond donors (Lipinski definition) is 1. The number of benzene rings is 2. The molecule has 2 aromatic rings. The summed E-state index contributed by atoms with van der Waals surface area (Å²) < 4.78 is 41.9. The number of hydrogen-bond acceptors (Lipinski definition) is 1. The second-order valence-electron chi connectivity index (χ2n) is 5.56. The smallest absolute Gasteiger partial charge is 0.173 e. The Kier molecular flexibility index (Phi) is 6.25. The van der Waals surface area contributed by atoms with Gasteiger partial charge in [0.05, 0.1) is 4.47 Å². The van der Waals surface area contributed by atoms with E-state index in [4.69, 9.17) is 0 Å². The quantitative estimate of drug-likeness (QED) is 0.538. The highest BCUT2D eigenvalue weighted by Gasteiger charge is 2.24. The van der Waals surface area contributed by atoms with Crippen LogP contribution in [0, 0.1) is 24.4 Å². The van der Waals surface area contributed by atoms with E-state index in [-0.39, 0.29) is 21.5 Å².